The lowest BCUT2D eigenvalue weighted by atomic mass is 10.1. The summed E-state index contributed by atoms with van der Waals surface area (Å²) in [6, 6.07) is 1.75. The molecule has 0 saturated heterocycles. The number of pyridine rings is 1. The molecular formula is C13H17FN2O. The van der Waals surface area contributed by atoms with Crippen LogP contribution in [0.4, 0.5) is 4.39 Å². The van der Waals surface area contributed by atoms with Gasteiger partial charge in [-0.05, 0) is 24.8 Å². The van der Waals surface area contributed by atoms with Crippen LogP contribution in [0, 0.1) is 11.7 Å². The second-order valence-corrected chi connectivity index (χ2v) is 4.94. The first-order valence-corrected chi connectivity index (χ1v) is 6.00. The summed E-state index contributed by atoms with van der Waals surface area (Å²) in [7, 11) is 0. The lowest BCUT2D eigenvalue weighted by Gasteiger charge is -2.24. The van der Waals surface area contributed by atoms with E-state index in [1.54, 1.807) is 4.90 Å². The summed E-state index contributed by atoms with van der Waals surface area (Å²) in [5.74, 6) is -0.350. The van der Waals surface area contributed by atoms with Crippen molar-refractivity contribution in [2.24, 2.45) is 5.92 Å². The molecule has 1 aliphatic carbocycles. The van der Waals surface area contributed by atoms with Crippen LogP contribution in [-0.4, -0.2) is 28.4 Å². The Balaban J connectivity index is 2.19. The summed E-state index contributed by atoms with van der Waals surface area (Å²) in [6.45, 7) is 4.81. The maximum absolute atomic E-state index is 13.5. The molecule has 0 N–H and O–H groups in total. The Bertz CT molecular complexity index is 416. The quantitative estimate of drug-likeness (QED) is 0.804. The number of rotatable bonds is 4. The van der Waals surface area contributed by atoms with Gasteiger partial charge in [-0.25, -0.2) is 4.39 Å². The Morgan fingerprint density at radius 3 is 2.82 bits per heavy atom. The molecule has 1 heterocycles. The van der Waals surface area contributed by atoms with E-state index in [9.17, 15) is 9.18 Å². The molecule has 1 aromatic rings. The monoisotopic (exact) mass is 236 g/mol. The third-order valence-electron chi connectivity index (χ3n) is 2.81. The molecule has 0 aromatic carbocycles. The molecular weight excluding hydrogens is 219 g/mol. The van der Waals surface area contributed by atoms with Crippen molar-refractivity contribution in [3.63, 3.8) is 0 Å². The van der Waals surface area contributed by atoms with Gasteiger partial charge < -0.3 is 4.90 Å². The van der Waals surface area contributed by atoms with Gasteiger partial charge in [0.25, 0.3) is 5.91 Å². The number of hydrogen-bond acceptors (Lipinski definition) is 2. The Kier molecular flexibility index (Phi) is 3.41. The lowest BCUT2D eigenvalue weighted by Crippen LogP contribution is -2.36. The van der Waals surface area contributed by atoms with E-state index in [-0.39, 0.29) is 11.5 Å². The fraction of sp³-hybridized carbons (Fsp3) is 0.538. The number of carbonyl (C=O) groups is 1. The van der Waals surface area contributed by atoms with Gasteiger partial charge >= 0.3 is 0 Å². The van der Waals surface area contributed by atoms with Gasteiger partial charge in [-0.2, -0.15) is 0 Å². The van der Waals surface area contributed by atoms with Crippen molar-refractivity contribution in [2.75, 3.05) is 6.54 Å². The van der Waals surface area contributed by atoms with E-state index in [1.807, 2.05) is 0 Å². The highest BCUT2D eigenvalue weighted by Gasteiger charge is 2.34. The number of nitrogens with zero attached hydrogens (tertiary/aromatic N) is 2. The van der Waals surface area contributed by atoms with Crippen molar-refractivity contribution in [1.29, 1.82) is 0 Å². The summed E-state index contributed by atoms with van der Waals surface area (Å²) in [4.78, 5) is 17.7. The van der Waals surface area contributed by atoms with E-state index in [4.69, 9.17) is 0 Å². The van der Waals surface area contributed by atoms with Gasteiger partial charge in [0.1, 0.15) is 0 Å². The molecule has 1 fully saturated rings. The van der Waals surface area contributed by atoms with Crippen LogP contribution < -0.4 is 0 Å². The smallest absolute Gasteiger partial charge is 0.257 e. The van der Waals surface area contributed by atoms with Gasteiger partial charge in [0.05, 0.1) is 11.8 Å². The van der Waals surface area contributed by atoms with Crippen molar-refractivity contribution < 1.29 is 9.18 Å². The van der Waals surface area contributed by atoms with Crippen molar-refractivity contribution in [2.45, 2.75) is 32.7 Å². The van der Waals surface area contributed by atoms with Crippen LogP contribution in [0.3, 0.4) is 0 Å². The van der Waals surface area contributed by atoms with E-state index in [1.165, 1.54) is 12.3 Å². The van der Waals surface area contributed by atoms with Gasteiger partial charge in [-0.15, -0.1) is 0 Å². The normalized spacial score (nSPS) is 15.1. The molecule has 1 saturated carbocycles. The Hall–Kier alpha value is -1.45. The zero-order valence-electron chi connectivity index (χ0n) is 10.2. The molecule has 0 spiro atoms. The molecule has 1 aromatic heterocycles. The Morgan fingerprint density at radius 1 is 1.59 bits per heavy atom. The van der Waals surface area contributed by atoms with E-state index < -0.39 is 5.82 Å². The first kappa shape index (κ1) is 12.0. The second kappa shape index (κ2) is 4.82. The average molecular weight is 236 g/mol. The Labute approximate surface area is 101 Å². The van der Waals surface area contributed by atoms with Crippen LogP contribution >= 0.6 is 0 Å². The second-order valence-electron chi connectivity index (χ2n) is 4.94. The summed E-state index contributed by atoms with van der Waals surface area (Å²) in [6.07, 6.45) is 4.61. The SMILES string of the molecule is CC(C)CN(C(=O)c1ccncc1F)C1CC1. The molecule has 1 aliphatic rings. The molecule has 0 radical (unpaired) electrons. The molecule has 17 heavy (non-hydrogen) atoms. The van der Waals surface area contributed by atoms with E-state index >= 15 is 0 Å². The highest BCUT2D eigenvalue weighted by atomic mass is 19.1. The van der Waals surface area contributed by atoms with Crippen molar-refractivity contribution in [3.8, 4) is 0 Å². The predicted octanol–water partition coefficient (Wildman–Crippen LogP) is 2.48. The molecule has 0 atom stereocenters. The molecule has 4 heteroatoms. The molecule has 3 nitrogen and oxygen atoms in total. The van der Waals surface area contributed by atoms with Crippen LogP contribution in [-0.2, 0) is 0 Å². The number of halogens is 1. The number of hydrogen-bond donors (Lipinski definition) is 0. The van der Waals surface area contributed by atoms with Crippen molar-refractivity contribution in [3.05, 3.63) is 29.8 Å². The number of amides is 1. The minimum atomic E-state index is -0.535. The maximum Gasteiger partial charge on any atom is 0.257 e. The third kappa shape index (κ3) is 2.81. The average Bonchev–Trinajstić information content (AvgIpc) is 3.09. The summed E-state index contributed by atoms with van der Waals surface area (Å²) in [5.41, 5.74) is 0.132. The minimum Gasteiger partial charge on any atom is -0.335 e. The number of aromatic nitrogens is 1. The molecule has 0 unspecified atom stereocenters. The summed E-state index contributed by atoms with van der Waals surface area (Å²) in [5, 5.41) is 0. The van der Waals surface area contributed by atoms with Crippen LogP contribution in [0.5, 0.6) is 0 Å². The van der Waals surface area contributed by atoms with Gasteiger partial charge in [-0.3, -0.25) is 9.78 Å². The van der Waals surface area contributed by atoms with E-state index in [0.29, 0.717) is 18.5 Å². The predicted molar refractivity (Wildman–Crippen MR) is 63.1 cm³/mol. The molecule has 0 aliphatic heterocycles. The van der Waals surface area contributed by atoms with Crippen molar-refractivity contribution >= 4 is 5.91 Å². The maximum atomic E-state index is 13.5. The largest absolute Gasteiger partial charge is 0.335 e. The van der Waals surface area contributed by atoms with Gasteiger partial charge in [0.2, 0.25) is 0 Å². The fourth-order valence-corrected chi connectivity index (χ4v) is 1.88. The van der Waals surface area contributed by atoms with Gasteiger partial charge in [0, 0.05) is 18.8 Å². The molecule has 2 rings (SSSR count). The minimum absolute atomic E-state index is 0.132. The highest BCUT2D eigenvalue weighted by molar-refractivity contribution is 5.94. The topological polar surface area (TPSA) is 33.2 Å². The third-order valence-corrected chi connectivity index (χ3v) is 2.81. The van der Waals surface area contributed by atoms with Crippen LogP contribution in [0.25, 0.3) is 0 Å². The van der Waals surface area contributed by atoms with Gasteiger partial charge in [-0.1, -0.05) is 13.8 Å². The van der Waals surface area contributed by atoms with Crippen LogP contribution in [0.2, 0.25) is 0 Å². The molecule has 1 amide bonds. The zero-order valence-corrected chi connectivity index (χ0v) is 10.2. The molecule has 92 valence electrons. The summed E-state index contributed by atoms with van der Waals surface area (Å²) < 4.78 is 13.5. The van der Waals surface area contributed by atoms with Crippen LogP contribution in [0.1, 0.15) is 37.0 Å². The number of carbonyl (C=O) groups excluding carboxylic acids is 1. The summed E-state index contributed by atoms with van der Waals surface area (Å²) >= 11 is 0. The van der Waals surface area contributed by atoms with Crippen LogP contribution in [0.15, 0.2) is 18.5 Å². The van der Waals surface area contributed by atoms with E-state index in [0.717, 1.165) is 19.0 Å². The first-order valence-electron chi connectivity index (χ1n) is 6.00. The van der Waals surface area contributed by atoms with Crippen molar-refractivity contribution in [1.82, 2.24) is 9.88 Å². The standard InChI is InChI=1S/C13H17FN2O/c1-9(2)8-16(10-3-4-10)13(17)11-5-6-15-7-12(11)14/h5-7,9-10H,3-4,8H2,1-2H3. The highest BCUT2D eigenvalue weighted by Crippen LogP contribution is 2.29. The zero-order chi connectivity index (χ0) is 12.4. The van der Waals surface area contributed by atoms with E-state index in [2.05, 4.69) is 18.8 Å². The lowest BCUT2D eigenvalue weighted by molar-refractivity contribution is 0.0717. The Morgan fingerprint density at radius 2 is 2.29 bits per heavy atom. The first-order chi connectivity index (χ1) is 8.09. The molecule has 0 bridgehead atoms. The van der Waals surface area contributed by atoms with Gasteiger partial charge in [0.15, 0.2) is 5.82 Å². The fourth-order valence-electron chi connectivity index (χ4n) is 1.88.